The van der Waals surface area contributed by atoms with Crippen molar-refractivity contribution >= 4 is 23.5 Å². The number of carboxylic acids is 1. The number of aliphatic carboxylic acids is 1. The number of rotatable bonds is 4. The second-order valence-electron chi connectivity index (χ2n) is 7.85. The van der Waals surface area contributed by atoms with Crippen molar-refractivity contribution in [3.8, 4) is 0 Å². The van der Waals surface area contributed by atoms with Gasteiger partial charge in [-0.2, -0.15) is 0 Å². The van der Waals surface area contributed by atoms with E-state index in [1.807, 2.05) is 0 Å². The smallest absolute Gasteiger partial charge is 0.303 e. The Hall–Kier alpha value is -2.41. The summed E-state index contributed by atoms with van der Waals surface area (Å²) in [7, 11) is 0. The molecular formula is C20H25N3O4. The average Bonchev–Trinajstić information content (AvgIpc) is 3.04. The molecule has 0 aromatic heterocycles. The number of benzene rings is 1. The second-order valence-corrected chi connectivity index (χ2v) is 7.85. The summed E-state index contributed by atoms with van der Waals surface area (Å²) in [6.45, 7) is 3.23. The predicted octanol–water partition coefficient (Wildman–Crippen LogP) is 1.50. The van der Waals surface area contributed by atoms with Crippen molar-refractivity contribution < 1.29 is 19.5 Å². The van der Waals surface area contributed by atoms with Gasteiger partial charge in [-0.25, -0.2) is 0 Å². The minimum Gasteiger partial charge on any atom is -0.481 e. The van der Waals surface area contributed by atoms with Crippen LogP contribution in [0, 0.1) is 5.92 Å². The molecule has 2 fully saturated rings. The third-order valence-electron chi connectivity index (χ3n) is 6.03. The number of carbonyl (C=O) groups is 3. The molecule has 2 amide bonds. The first-order valence-electron chi connectivity index (χ1n) is 9.66. The predicted molar refractivity (Wildman–Crippen MR) is 99.1 cm³/mol. The van der Waals surface area contributed by atoms with Gasteiger partial charge < -0.3 is 10.0 Å². The van der Waals surface area contributed by atoms with Gasteiger partial charge in [0.15, 0.2) is 0 Å². The highest BCUT2D eigenvalue weighted by Crippen LogP contribution is 2.32. The number of imide groups is 1. The minimum absolute atomic E-state index is 0.179. The van der Waals surface area contributed by atoms with Gasteiger partial charge in [-0.15, -0.1) is 0 Å². The Kier molecular flexibility index (Phi) is 4.86. The lowest BCUT2D eigenvalue weighted by atomic mass is 9.93. The average molecular weight is 371 g/mol. The van der Waals surface area contributed by atoms with Crippen LogP contribution in [0.5, 0.6) is 0 Å². The normalized spacial score (nSPS) is 24.0. The number of fused-ring (bicyclic) bond motifs is 1. The van der Waals surface area contributed by atoms with E-state index in [-0.39, 0.29) is 30.2 Å². The molecule has 3 aliphatic rings. The molecule has 0 spiro atoms. The van der Waals surface area contributed by atoms with Crippen LogP contribution in [0.15, 0.2) is 18.2 Å². The number of hydrogen-bond donors (Lipinski definition) is 2. The van der Waals surface area contributed by atoms with Crippen molar-refractivity contribution in [2.45, 2.75) is 51.2 Å². The third kappa shape index (κ3) is 3.83. The fourth-order valence-corrected chi connectivity index (χ4v) is 4.50. The van der Waals surface area contributed by atoms with Gasteiger partial charge in [0.25, 0.3) is 0 Å². The number of piperidine rings is 2. The molecule has 3 heterocycles. The van der Waals surface area contributed by atoms with Crippen LogP contribution in [-0.4, -0.2) is 46.9 Å². The number of carbonyl (C=O) groups excluding carboxylic acids is 2. The van der Waals surface area contributed by atoms with Crippen LogP contribution in [0.4, 0.5) is 5.69 Å². The largest absolute Gasteiger partial charge is 0.481 e. The Labute approximate surface area is 158 Å². The standard InChI is InChI=1S/C20H25N3O4/c24-18-4-3-17(20(27)21-18)23-11-14-1-2-16(10-15(14)12-23)22-7-5-13(6-8-22)9-19(25)26/h1-2,10,13,17H,3-9,11-12H2,(H,25,26)(H,21,24,27). The number of hydrogen-bond acceptors (Lipinski definition) is 5. The van der Waals surface area contributed by atoms with Gasteiger partial charge in [0.1, 0.15) is 0 Å². The SMILES string of the molecule is O=C(O)CC1CCN(c2ccc3c(c2)CN(C2CCC(=O)NC2=O)C3)CC1. The fourth-order valence-electron chi connectivity index (χ4n) is 4.50. The summed E-state index contributed by atoms with van der Waals surface area (Å²) < 4.78 is 0. The van der Waals surface area contributed by atoms with Crippen molar-refractivity contribution in [3.05, 3.63) is 29.3 Å². The molecule has 2 saturated heterocycles. The second kappa shape index (κ2) is 7.31. The summed E-state index contributed by atoms with van der Waals surface area (Å²) in [6, 6.07) is 6.24. The molecule has 27 heavy (non-hydrogen) atoms. The Morgan fingerprint density at radius 1 is 1.11 bits per heavy atom. The van der Waals surface area contributed by atoms with E-state index < -0.39 is 5.97 Å². The van der Waals surface area contributed by atoms with Gasteiger partial charge in [0, 0.05) is 44.7 Å². The fraction of sp³-hybridized carbons (Fsp3) is 0.550. The highest BCUT2D eigenvalue weighted by Gasteiger charge is 2.35. The van der Waals surface area contributed by atoms with Gasteiger partial charge in [-0.05, 0) is 48.4 Å². The lowest BCUT2D eigenvalue weighted by Crippen LogP contribution is -2.50. The van der Waals surface area contributed by atoms with Crippen LogP contribution in [0.1, 0.15) is 43.2 Å². The van der Waals surface area contributed by atoms with Crippen LogP contribution < -0.4 is 10.2 Å². The zero-order valence-electron chi connectivity index (χ0n) is 15.3. The molecule has 1 aromatic carbocycles. The molecule has 0 bridgehead atoms. The molecule has 1 aromatic rings. The molecular weight excluding hydrogens is 346 g/mol. The Balaban J connectivity index is 1.39. The van der Waals surface area contributed by atoms with E-state index in [1.54, 1.807) is 0 Å². The van der Waals surface area contributed by atoms with E-state index in [0.717, 1.165) is 39.0 Å². The zero-order valence-corrected chi connectivity index (χ0v) is 15.3. The van der Waals surface area contributed by atoms with E-state index in [0.29, 0.717) is 12.8 Å². The van der Waals surface area contributed by atoms with Crippen molar-refractivity contribution in [3.63, 3.8) is 0 Å². The van der Waals surface area contributed by atoms with E-state index in [2.05, 4.69) is 33.3 Å². The van der Waals surface area contributed by atoms with Gasteiger partial charge in [0.2, 0.25) is 11.8 Å². The van der Waals surface area contributed by atoms with Crippen molar-refractivity contribution in [1.29, 1.82) is 0 Å². The molecule has 7 nitrogen and oxygen atoms in total. The molecule has 3 aliphatic heterocycles. The van der Waals surface area contributed by atoms with Crippen LogP contribution in [-0.2, 0) is 27.5 Å². The number of amides is 2. The first-order chi connectivity index (χ1) is 13.0. The topological polar surface area (TPSA) is 89.9 Å². The molecule has 7 heteroatoms. The molecule has 4 rings (SSSR count). The summed E-state index contributed by atoms with van der Waals surface area (Å²) in [5, 5.41) is 11.4. The van der Waals surface area contributed by atoms with Crippen LogP contribution in [0.25, 0.3) is 0 Å². The van der Waals surface area contributed by atoms with Gasteiger partial charge >= 0.3 is 5.97 Å². The van der Waals surface area contributed by atoms with E-state index in [4.69, 9.17) is 5.11 Å². The maximum Gasteiger partial charge on any atom is 0.303 e. The number of carboxylic acid groups (broad SMARTS) is 1. The first-order valence-corrected chi connectivity index (χ1v) is 9.66. The van der Waals surface area contributed by atoms with Crippen LogP contribution in [0.3, 0.4) is 0 Å². The van der Waals surface area contributed by atoms with Crippen molar-refractivity contribution in [2.24, 2.45) is 5.92 Å². The Bertz CT molecular complexity index is 770. The molecule has 144 valence electrons. The third-order valence-corrected chi connectivity index (χ3v) is 6.03. The van der Waals surface area contributed by atoms with Crippen molar-refractivity contribution in [2.75, 3.05) is 18.0 Å². The highest BCUT2D eigenvalue weighted by molar-refractivity contribution is 6.00. The summed E-state index contributed by atoms with van der Waals surface area (Å²) in [5.74, 6) is -0.794. The Morgan fingerprint density at radius 2 is 1.85 bits per heavy atom. The van der Waals surface area contributed by atoms with E-state index >= 15 is 0 Å². The molecule has 0 aliphatic carbocycles. The quantitative estimate of drug-likeness (QED) is 0.780. The highest BCUT2D eigenvalue weighted by atomic mass is 16.4. The lowest BCUT2D eigenvalue weighted by Gasteiger charge is -2.33. The maximum atomic E-state index is 12.1. The van der Waals surface area contributed by atoms with Gasteiger partial charge in [-0.3, -0.25) is 24.6 Å². The van der Waals surface area contributed by atoms with Gasteiger partial charge in [-0.1, -0.05) is 6.07 Å². The monoisotopic (exact) mass is 371 g/mol. The molecule has 1 atom stereocenters. The molecule has 2 N–H and O–H groups in total. The number of nitrogens with one attached hydrogen (secondary N) is 1. The zero-order chi connectivity index (χ0) is 19.0. The van der Waals surface area contributed by atoms with Gasteiger partial charge in [0.05, 0.1) is 6.04 Å². The summed E-state index contributed by atoms with van der Waals surface area (Å²) >= 11 is 0. The van der Waals surface area contributed by atoms with E-state index in [1.165, 1.54) is 16.8 Å². The summed E-state index contributed by atoms with van der Waals surface area (Å²) in [6.07, 6.45) is 3.07. The summed E-state index contributed by atoms with van der Waals surface area (Å²) in [5.41, 5.74) is 3.65. The maximum absolute atomic E-state index is 12.1. The van der Waals surface area contributed by atoms with E-state index in [9.17, 15) is 14.4 Å². The minimum atomic E-state index is -0.709. The van der Waals surface area contributed by atoms with Crippen LogP contribution in [0.2, 0.25) is 0 Å². The van der Waals surface area contributed by atoms with Crippen molar-refractivity contribution in [1.82, 2.24) is 10.2 Å². The van der Waals surface area contributed by atoms with Crippen LogP contribution >= 0.6 is 0 Å². The number of anilines is 1. The number of nitrogens with zero attached hydrogens (tertiary/aromatic N) is 2. The first kappa shape index (κ1) is 18.0. The molecule has 0 radical (unpaired) electrons. The summed E-state index contributed by atoms with van der Waals surface area (Å²) in [4.78, 5) is 38.9. The molecule has 1 unspecified atom stereocenters. The Morgan fingerprint density at radius 3 is 2.56 bits per heavy atom. The molecule has 0 saturated carbocycles. The lowest BCUT2D eigenvalue weighted by molar-refractivity contribution is -0.139.